The predicted octanol–water partition coefficient (Wildman–Crippen LogP) is 2.93. The molecule has 0 aromatic rings. The van der Waals surface area contributed by atoms with E-state index < -0.39 is 11.0 Å². The Morgan fingerprint density at radius 1 is 1.38 bits per heavy atom. The van der Waals surface area contributed by atoms with E-state index in [1.165, 1.54) is 0 Å². The van der Waals surface area contributed by atoms with E-state index in [0.717, 1.165) is 6.42 Å². The fourth-order valence-corrected chi connectivity index (χ4v) is 0.563. The van der Waals surface area contributed by atoms with Gasteiger partial charge in [0.2, 0.25) is 0 Å². The fourth-order valence-electron chi connectivity index (χ4n) is 0.563. The van der Waals surface area contributed by atoms with Gasteiger partial charge in [-0.15, -0.1) is 0 Å². The first-order valence-electron chi connectivity index (χ1n) is 4.62. The van der Waals surface area contributed by atoms with Crippen LogP contribution in [0.2, 0.25) is 0 Å². The number of rotatable bonds is 4. The van der Waals surface area contributed by atoms with Gasteiger partial charge < -0.3 is 4.74 Å². The molecule has 0 atom stereocenters. The van der Waals surface area contributed by atoms with Crippen molar-refractivity contribution in [3.05, 3.63) is 12.7 Å². The lowest BCUT2D eigenvalue weighted by molar-refractivity contribution is -0.163. The average Bonchev–Trinajstić information content (AvgIpc) is 2.04. The monoisotopic (exact) mass is 184 g/mol. The van der Waals surface area contributed by atoms with E-state index in [9.17, 15) is 4.79 Å². The first-order chi connectivity index (χ1) is 5.75. The SMILES string of the molecule is C=CC(C)(C)OC(=O)C(C)(C)CC. The number of esters is 1. The van der Waals surface area contributed by atoms with Gasteiger partial charge in [0.05, 0.1) is 5.41 Å². The highest BCUT2D eigenvalue weighted by molar-refractivity contribution is 5.76. The molecule has 0 spiro atoms. The van der Waals surface area contributed by atoms with Crippen LogP contribution in [-0.2, 0) is 9.53 Å². The van der Waals surface area contributed by atoms with Gasteiger partial charge in [-0.05, 0) is 40.2 Å². The third-order valence-electron chi connectivity index (χ3n) is 2.28. The fraction of sp³-hybridized carbons (Fsp3) is 0.727. The maximum absolute atomic E-state index is 11.6. The summed E-state index contributed by atoms with van der Waals surface area (Å²) in [6.07, 6.45) is 2.41. The van der Waals surface area contributed by atoms with Crippen LogP contribution in [0.3, 0.4) is 0 Å². The second kappa shape index (κ2) is 3.95. The largest absolute Gasteiger partial charge is 0.455 e. The van der Waals surface area contributed by atoms with Gasteiger partial charge in [-0.3, -0.25) is 4.79 Å². The third-order valence-corrected chi connectivity index (χ3v) is 2.28. The van der Waals surface area contributed by atoms with Crippen LogP contribution in [-0.4, -0.2) is 11.6 Å². The molecule has 0 fully saturated rings. The van der Waals surface area contributed by atoms with Crippen LogP contribution in [0.5, 0.6) is 0 Å². The Kier molecular flexibility index (Phi) is 3.71. The van der Waals surface area contributed by atoms with Crippen LogP contribution in [0.25, 0.3) is 0 Å². The van der Waals surface area contributed by atoms with Gasteiger partial charge >= 0.3 is 5.97 Å². The van der Waals surface area contributed by atoms with Crippen molar-refractivity contribution < 1.29 is 9.53 Å². The molecule has 0 saturated carbocycles. The highest BCUT2D eigenvalue weighted by atomic mass is 16.6. The van der Waals surface area contributed by atoms with Crippen LogP contribution in [0.4, 0.5) is 0 Å². The summed E-state index contributed by atoms with van der Waals surface area (Å²) in [5.74, 6) is -0.167. The topological polar surface area (TPSA) is 26.3 Å². The Bertz CT molecular complexity index is 202. The first kappa shape index (κ1) is 12.2. The number of hydrogen-bond donors (Lipinski definition) is 0. The number of hydrogen-bond acceptors (Lipinski definition) is 2. The van der Waals surface area contributed by atoms with Crippen molar-refractivity contribution in [1.82, 2.24) is 0 Å². The van der Waals surface area contributed by atoms with Gasteiger partial charge in [-0.1, -0.05) is 13.5 Å². The Labute approximate surface area is 81.0 Å². The van der Waals surface area contributed by atoms with E-state index in [-0.39, 0.29) is 5.97 Å². The number of carbonyl (C=O) groups excluding carboxylic acids is 1. The smallest absolute Gasteiger partial charge is 0.312 e. The molecular weight excluding hydrogens is 164 g/mol. The summed E-state index contributed by atoms with van der Waals surface area (Å²) in [4.78, 5) is 11.6. The normalized spacial score (nSPS) is 12.4. The molecule has 13 heavy (non-hydrogen) atoms. The van der Waals surface area contributed by atoms with Crippen LogP contribution in [0, 0.1) is 5.41 Å². The highest BCUT2D eigenvalue weighted by Crippen LogP contribution is 2.24. The van der Waals surface area contributed by atoms with Gasteiger partial charge in [0.1, 0.15) is 5.60 Å². The summed E-state index contributed by atoms with van der Waals surface area (Å²) in [7, 11) is 0. The molecule has 0 unspecified atom stereocenters. The zero-order valence-electron chi connectivity index (χ0n) is 9.31. The van der Waals surface area contributed by atoms with Crippen molar-refractivity contribution in [2.45, 2.75) is 46.6 Å². The van der Waals surface area contributed by atoms with Crippen molar-refractivity contribution in [2.24, 2.45) is 5.41 Å². The second-order valence-corrected chi connectivity index (χ2v) is 4.43. The standard InChI is InChI=1S/C11H20O2/c1-7-10(3,4)9(12)13-11(5,6)8-2/h8H,2,7H2,1,3-6H3. The molecule has 0 aromatic heterocycles. The molecule has 0 bridgehead atoms. The molecule has 0 N–H and O–H groups in total. The molecule has 2 heteroatoms. The molecule has 0 rings (SSSR count). The summed E-state index contributed by atoms with van der Waals surface area (Å²) < 4.78 is 5.29. The minimum atomic E-state index is -0.566. The van der Waals surface area contributed by atoms with Crippen molar-refractivity contribution in [3.8, 4) is 0 Å². The third kappa shape index (κ3) is 3.62. The predicted molar refractivity (Wildman–Crippen MR) is 54.4 cm³/mol. The summed E-state index contributed by atoms with van der Waals surface area (Å²) in [5.41, 5.74) is -0.968. The molecular formula is C11H20O2. The Morgan fingerprint density at radius 2 is 1.85 bits per heavy atom. The van der Waals surface area contributed by atoms with Gasteiger partial charge in [0.15, 0.2) is 0 Å². The van der Waals surface area contributed by atoms with E-state index in [0.29, 0.717) is 0 Å². The number of carbonyl (C=O) groups is 1. The van der Waals surface area contributed by atoms with E-state index in [1.54, 1.807) is 6.08 Å². The Morgan fingerprint density at radius 3 is 2.15 bits per heavy atom. The molecule has 0 heterocycles. The zero-order valence-corrected chi connectivity index (χ0v) is 9.31. The first-order valence-corrected chi connectivity index (χ1v) is 4.62. The van der Waals surface area contributed by atoms with E-state index >= 15 is 0 Å². The number of ether oxygens (including phenoxy) is 1. The summed E-state index contributed by atoms with van der Waals surface area (Å²) >= 11 is 0. The highest BCUT2D eigenvalue weighted by Gasteiger charge is 2.31. The van der Waals surface area contributed by atoms with Crippen LogP contribution in [0.1, 0.15) is 41.0 Å². The maximum Gasteiger partial charge on any atom is 0.312 e. The van der Waals surface area contributed by atoms with E-state index in [2.05, 4.69) is 6.58 Å². The minimum absolute atomic E-state index is 0.167. The second-order valence-electron chi connectivity index (χ2n) is 4.43. The molecule has 0 aromatic carbocycles. The Balaban J connectivity index is 4.40. The van der Waals surface area contributed by atoms with Crippen LogP contribution >= 0.6 is 0 Å². The van der Waals surface area contributed by atoms with Crippen LogP contribution < -0.4 is 0 Å². The van der Waals surface area contributed by atoms with Crippen LogP contribution in [0.15, 0.2) is 12.7 Å². The lowest BCUT2D eigenvalue weighted by atomic mass is 9.90. The molecule has 0 aliphatic carbocycles. The summed E-state index contributed by atoms with van der Waals surface area (Å²) in [6.45, 7) is 13.0. The van der Waals surface area contributed by atoms with Crippen molar-refractivity contribution >= 4 is 5.97 Å². The van der Waals surface area contributed by atoms with E-state index in [4.69, 9.17) is 4.74 Å². The molecule has 0 saturated heterocycles. The maximum atomic E-state index is 11.6. The van der Waals surface area contributed by atoms with Crippen molar-refractivity contribution in [3.63, 3.8) is 0 Å². The quantitative estimate of drug-likeness (QED) is 0.496. The van der Waals surface area contributed by atoms with Gasteiger partial charge in [-0.2, -0.15) is 0 Å². The van der Waals surface area contributed by atoms with Gasteiger partial charge in [-0.25, -0.2) is 0 Å². The minimum Gasteiger partial charge on any atom is -0.455 e. The van der Waals surface area contributed by atoms with Crippen molar-refractivity contribution in [2.75, 3.05) is 0 Å². The molecule has 0 radical (unpaired) electrons. The van der Waals surface area contributed by atoms with Gasteiger partial charge in [0, 0.05) is 0 Å². The molecule has 2 nitrogen and oxygen atoms in total. The molecule has 76 valence electrons. The molecule has 0 amide bonds. The lowest BCUT2D eigenvalue weighted by Gasteiger charge is -2.27. The molecule has 0 aliphatic rings. The Hall–Kier alpha value is -0.790. The van der Waals surface area contributed by atoms with E-state index in [1.807, 2.05) is 34.6 Å². The zero-order chi connectivity index (χ0) is 10.7. The summed E-state index contributed by atoms with van der Waals surface area (Å²) in [5, 5.41) is 0. The average molecular weight is 184 g/mol. The van der Waals surface area contributed by atoms with Gasteiger partial charge in [0.25, 0.3) is 0 Å². The van der Waals surface area contributed by atoms with Crippen molar-refractivity contribution in [1.29, 1.82) is 0 Å². The summed E-state index contributed by atoms with van der Waals surface area (Å²) in [6, 6.07) is 0. The lowest BCUT2D eigenvalue weighted by Crippen LogP contribution is -2.34. The molecule has 0 aliphatic heterocycles.